The standard InChI is InChI=1S/C11H24N2/c1-10(5-4-8-12)9-13-11-6-2-3-7-11/h10-11,13H,2-9,12H2,1H3. The van der Waals surface area contributed by atoms with Gasteiger partial charge in [-0.05, 0) is 44.7 Å². The Kier molecular flexibility index (Phi) is 5.40. The van der Waals surface area contributed by atoms with Gasteiger partial charge in [-0.3, -0.25) is 0 Å². The summed E-state index contributed by atoms with van der Waals surface area (Å²) >= 11 is 0. The first-order chi connectivity index (χ1) is 6.33. The van der Waals surface area contributed by atoms with E-state index < -0.39 is 0 Å². The lowest BCUT2D eigenvalue weighted by Gasteiger charge is -2.16. The van der Waals surface area contributed by atoms with Crippen LogP contribution in [-0.4, -0.2) is 19.1 Å². The van der Waals surface area contributed by atoms with Gasteiger partial charge in [-0.2, -0.15) is 0 Å². The number of nitrogens with one attached hydrogen (secondary N) is 1. The molecule has 2 nitrogen and oxygen atoms in total. The first-order valence-corrected chi connectivity index (χ1v) is 5.76. The zero-order valence-corrected chi connectivity index (χ0v) is 8.89. The van der Waals surface area contributed by atoms with Gasteiger partial charge in [-0.15, -0.1) is 0 Å². The monoisotopic (exact) mass is 184 g/mol. The Morgan fingerprint density at radius 2 is 2.08 bits per heavy atom. The predicted molar refractivity (Wildman–Crippen MR) is 57.7 cm³/mol. The molecule has 1 rings (SSSR count). The molecule has 0 aromatic carbocycles. The molecule has 0 radical (unpaired) electrons. The van der Waals surface area contributed by atoms with E-state index in [1.807, 2.05) is 0 Å². The third-order valence-corrected chi connectivity index (χ3v) is 3.01. The van der Waals surface area contributed by atoms with E-state index in [0.717, 1.165) is 18.5 Å². The van der Waals surface area contributed by atoms with Crippen molar-refractivity contribution in [2.75, 3.05) is 13.1 Å². The quantitative estimate of drug-likeness (QED) is 0.661. The molecule has 78 valence electrons. The summed E-state index contributed by atoms with van der Waals surface area (Å²) in [5.41, 5.74) is 5.47. The van der Waals surface area contributed by atoms with Crippen LogP contribution in [0.5, 0.6) is 0 Å². The Hall–Kier alpha value is -0.0800. The largest absolute Gasteiger partial charge is 0.330 e. The maximum absolute atomic E-state index is 5.47. The summed E-state index contributed by atoms with van der Waals surface area (Å²) in [6.07, 6.45) is 8.08. The molecule has 0 bridgehead atoms. The van der Waals surface area contributed by atoms with Crippen LogP contribution in [0.3, 0.4) is 0 Å². The van der Waals surface area contributed by atoms with Crippen LogP contribution in [0.25, 0.3) is 0 Å². The van der Waals surface area contributed by atoms with Crippen molar-refractivity contribution >= 4 is 0 Å². The first-order valence-electron chi connectivity index (χ1n) is 5.76. The fourth-order valence-corrected chi connectivity index (χ4v) is 2.07. The second-order valence-corrected chi connectivity index (χ2v) is 4.43. The summed E-state index contributed by atoms with van der Waals surface area (Å²) in [5.74, 6) is 0.796. The Bertz CT molecular complexity index is 119. The average molecular weight is 184 g/mol. The van der Waals surface area contributed by atoms with Gasteiger partial charge in [0.2, 0.25) is 0 Å². The van der Waals surface area contributed by atoms with Crippen molar-refractivity contribution in [1.29, 1.82) is 0 Å². The molecule has 1 aliphatic rings. The van der Waals surface area contributed by atoms with Gasteiger partial charge in [0.1, 0.15) is 0 Å². The molecule has 0 amide bonds. The molecular formula is C11H24N2. The molecule has 0 saturated heterocycles. The summed E-state index contributed by atoms with van der Waals surface area (Å²) in [5, 5.41) is 3.65. The Morgan fingerprint density at radius 1 is 1.38 bits per heavy atom. The molecule has 1 saturated carbocycles. The molecule has 0 aromatic rings. The van der Waals surface area contributed by atoms with Crippen molar-refractivity contribution in [3.63, 3.8) is 0 Å². The molecule has 0 aromatic heterocycles. The van der Waals surface area contributed by atoms with Gasteiger partial charge >= 0.3 is 0 Å². The van der Waals surface area contributed by atoms with Gasteiger partial charge < -0.3 is 11.1 Å². The van der Waals surface area contributed by atoms with E-state index in [9.17, 15) is 0 Å². The molecule has 0 spiro atoms. The average Bonchev–Trinajstić information content (AvgIpc) is 2.64. The number of nitrogens with two attached hydrogens (primary N) is 1. The van der Waals surface area contributed by atoms with Gasteiger partial charge in [0.15, 0.2) is 0 Å². The molecule has 13 heavy (non-hydrogen) atoms. The van der Waals surface area contributed by atoms with Gasteiger partial charge in [0.25, 0.3) is 0 Å². The molecule has 2 heteroatoms. The number of rotatable bonds is 6. The summed E-state index contributed by atoms with van der Waals surface area (Å²) in [4.78, 5) is 0. The summed E-state index contributed by atoms with van der Waals surface area (Å²) in [7, 11) is 0. The fourth-order valence-electron chi connectivity index (χ4n) is 2.07. The van der Waals surface area contributed by atoms with Crippen LogP contribution in [-0.2, 0) is 0 Å². The SMILES string of the molecule is CC(CCCN)CNC1CCCC1. The van der Waals surface area contributed by atoms with Crippen LogP contribution in [0.1, 0.15) is 45.4 Å². The van der Waals surface area contributed by atoms with Crippen molar-refractivity contribution in [1.82, 2.24) is 5.32 Å². The van der Waals surface area contributed by atoms with Crippen LogP contribution in [0, 0.1) is 5.92 Å². The molecule has 1 atom stereocenters. The third-order valence-electron chi connectivity index (χ3n) is 3.01. The Balaban J connectivity index is 1.97. The van der Waals surface area contributed by atoms with E-state index in [1.54, 1.807) is 0 Å². The highest BCUT2D eigenvalue weighted by molar-refractivity contribution is 4.74. The number of hydrogen-bond donors (Lipinski definition) is 2. The zero-order valence-electron chi connectivity index (χ0n) is 8.89. The van der Waals surface area contributed by atoms with Crippen molar-refractivity contribution in [2.24, 2.45) is 11.7 Å². The van der Waals surface area contributed by atoms with E-state index in [1.165, 1.54) is 45.1 Å². The van der Waals surface area contributed by atoms with Gasteiger partial charge in [0, 0.05) is 6.04 Å². The summed E-state index contributed by atoms with van der Waals surface area (Å²) in [6, 6.07) is 0.820. The van der Waals surface area contributed by atoms with E-state index >= 15 is 0 Å². The highest BCUT2D eigenvalue weighted by Gasteiger charge is 2.14. The predicted octanol–water partition coefficient (Wildman–Crippen LogP) is 1.89. The van der Waals surface area contributed by atoms with Crippen molar-refractivity contribution in [2.45, 2.75) is 51.5 Å². The van der Waals surface area contributed by atoms with Crippen molar-refractivity contribution in [3.8, 4) is 0 Å². The lowest BCUT2D eigenvalue weighted by Crippen LogP contribution is -2.30. The fraction of sp³-hybridized carbons (Fsp3) is 1.00. The molecule has 0 aliphatic heterocycles. The summed E-state index contributed by atoms with van der Waals surface area (Å²) in [6.45, 7) is 4.34. The molecular weight excluding hydrogens is 160 g/mol. The molecule has 0 heterocycles. The lowest BCUT2D eigenvalue weighted by molar-refractivity contribution is 0.424. The topological polar surface area (TPSA) is 38.0 Å². The van der Waals surface area contributed by atoms with Crippen LogP contribution in [0.4, 0.5) is 0 Å². The second-order valence-electron chi connectivity index (χ2n) is 4.43. The zero-order chi connectivity index (χ0) is 9.52. The van der Waals surface area contributed by atoms with E-state index in [2.05, 4.69) is 12.2 Å². The minimum absolute atomic E-state index is 0.796. The van der Waals surface area contributed by atoms with E-state index in [4.69, 9.17) is 5.73 Å². The minimum atomic E-state index is 0.796. The van der Waals surface area contributed by atoms with Gasteiger partial charge in [-0.25, -0.2) is 0 Å². The van der Waals surface area contributed by atoms with Crippen LogP contribution in [0.2, 0.25) is 0 Å². The second kappa shape index (κ2) is 6.39. The maximum Gasteiger partial charge on any atom is 0.00671 e. The maximum atomic E-state index is 5.47. The lowest BCUT2D eigenvalue weighted by atomic mass is 10.1. The minimum Gasteiger partial charge on any atom is -0.330 e. The highest BCUT2D eigenvalue weighted by atomic mass is 14.9. The molecule has 1 unspecified atom stereocenters. The van der Waals surface area contributed by atoms with Crippen LogP contribution < -0.4 is 11.1 Å². The Morgan fingerprint density at radius 3 is 2.69 bits per heavy atom. The van der Waals surface area contributed by atoms with Crippen LogP contribution in [0.15, 0.2) is 0 Å². The van der Waals surface area contributed by atoms with Gasteiger partial charge in [-0.1, -0.05) is 19.8 Å². The molecule has 1 aliphatic carbocycles. The smallest absolute Gasteiger partial charge is 0.00671 e. The number of hydrogen-bond acceptors (Lipinski definition) is 2. The third kappa shape index (κ3) is 4.63. The van der Waals surface area contributed by atoms with E-state index in [0.29, 0.717) is 0 Å². The van der Waals surface area contributed by atoms with Gasteiger partial charge in [0.05, 0.1) is 0 Å². The van der Waals surface area contributed by atoms with Crippen LogP contribution >= 0.6 is 0 Å². The normalized spacial score (nSPS) is 20.8. The molecule has 3 N–H and O–H groups in total. The van der Waals surface area contributed by atoms with E-state index in [-0.39, 0.29) is 0 Å². The highest BCUT2D eigenvalue weighted by Crippen LogP contribution is 2.18. The van der Waals surface area contributed by atoms with Crippen molar-refractivity contribution in [3.05, 3.63) is 0 Å². The van der Waals surface area contributed by atoms with Crippen molar-refractivity contribution < 1.29 is 0 Å². The molecule has 1 fully saturated rings. The first kappa shape index (κ1) is 11.0. The summed E-state index contributed by atoms with van der Waals surface area (Å²) < 4.78 is 0. The Labute approximate surface area is 82.3 Å².